The third-order valence-electron chi connectivity index (χ3n) is 5.96. The first-order valence-electron chi connectivity index (χ1n) is 10.0. The molecule has 1 aliphatic heterocycles. The largest absolute Gasteiger partial charge is 0.416 e. The van der Waals surface area contributed by atoms with Gasteiger partial charge < -0.3 is 0 Å². The van der Waals surface area contributed by atoms with Gasteiger partial charge in [0.05, 0.1) is 21.8 Å². The fourth-order valence-electron chi connectivity index (χ4n) is 3.97. The second kappa shape index (κ2) is 7.89. The lowest BCUT2D eigenvalue weighted by atomic mass is 9.80. The fraction of sp³-hybridized carbons (Fsp3) is 0.591. The van der Waals surface area contributed by atoms with E-state index in [1.165, 1.54) is 6.07 Å². The molecule has 1 heterocycles. The van der Waals surface area contributed by atoms with Crippen LogP contribution in [0.15, 0.2) is 35.3 Å². The zero-order chi connectivity index (χ0) is 21.4. The number of alkyl halides is 3. The molecule has 0 N–H and O–H groups in total. The number of allylic oxidation sites excluding steroid dienone is 1. The summed E-state index contributed by atoms with van der Waals surface area (Å²) in [4.78, 5) is 4.64. The molecule has 1 aromatic rings. The molecule has 2 aliphatic rings. The van der Waals surface area contributed by atoms with Crippen molar-refractivity contribution in [3.8, 4) is 0 Å². The van der Waals surface area contributed by atoms with Crippen molar-refractivity contribution in [1.82, 2.24) is 0 Å². The van der Waals surface area contributed by atoms with Crippen LogP contribution in [0, 0.1) is 11.8 Å². The lowest BCUT2D eigenvalue weighted by molar-refractivity contribution is -0.137. The number of hydrogen-bond acceptors (Lipinski definition) is 3. The lowest BCUT2D eigenvalue weighted by Gasteiger charge is -2.30. The normalized spacial score (nSPS) is 23.7. The molecular weight excluding hydrogens is 399 g/mol. The molecule has 1 fully saturated rings. The van der Waals surface area contributed by atoms with Crippen molar-refractivity contribution in [3.05, 3.63) is 41.5 Å². The number of aliphatic imine (C=N–C) groups is 1. The van der Waals surface area contributed by atoms with Crippen molar-refractivity contribution < 1.29 is 21.6 Å². The molecule has 7 heteroatoms. The Kier molecular flexibility index (Phi) is 6.01. The number of halogens is 3. The minimum Gasteiger partial charge on any atom is -0.257 e. The van der Waals surface area contributed by atoms with Gasteiger partial charge in [-0.05, 0) is 70.4 Å². The first kappa shape index (κ1) is 22.1. The predicted octanol–water partition coefficient (Wildman–Crippen LogP) is 5.91. The van der Waals surface area contributed by atoms with Gasteiger partial charge in [0.2, 0.25) is 0 Å². The van der Waals surface area contributed by atoms with Gasteiger partial charge in [-0.15, -0.1) is 0 Å². The Morgan fingerprint density at radius 1 is 1.07 bits per heavy atom. The molecule has 0 bridgehead atoms. The van der Waals surface area contributed by atoms with Gasteiger partial charge in [0.25, 0.3) is 0 Å². The van der Waals surface area contributed by atoms with E-state index >= 15 is 0 Å². The summed E-state index contributed by atoms with van der Waals surface area (Å²) in [6, 6.07) is 5.28. The Labute approximate surface area is 171 Å². The Morgan fingerprint density at radius 3 is 2.31 bits per heavy atom. The van der Waals surface area contributed by atoms with Crippen molar-refractivity contribution in [2.24, 2.45) is 16.8 Å². The van der Waals surface area contributed by atoms with Gasteiger partial charge in [0.1, 0.15) is 0 Å². The summed E-state index contributed by atoms with van der Waals surface area (Å²) in [5, 5.41) is 0. The van der Waals surface area contributed by atoms with E-state index in [-0.39, 0.29) is 17.6 Å². The van der Waals surface area contributed by atoms with E-state index in [9.17, 15) is 21.6 Å². The fourth-order valence-corrected chi connectivity index (χ4v) is 5.42. The third kappa shape index (κ3) is 5.11. The summed E-state index contributed by atoms with van der Waals surface area (Å²) in [6.07, 6.45) is 1.63. The maximum absolute atomic E-state index is 13.0. The number of sulfone groups is 1. The lowest BCUT2D eigenvalue weighted by Crippen LogP contribution is -2.34. The molecule has 1 aromatic carbocycles. The summed E-state index contributed by atoms with van der Waals surface area (Å²) in [5.74, 6) is 0.681. The smallest absolute Gasteiger partial charge is 0.257 e. The highest BCUT2D eigenvalue weighted by Crippen LogP contribution is 2.37. The van der Waals surface area contributed by atoms with Crippen LogP contribution in [0.1, 0.15) is 64.0 Å². The predicted molar refractivity (Wildman–Crippen MR) is 110 cm³/mol. The summed E-state index contributed by atoms with van der Waals surface area (Å²) in [5.41, 5.74) is 1.43. The van der Waals surface area contributed by atoms with Crippen LogP contribution in [0.2, 0.25) is 0 Å². The van der Waals surface area contributed by atoms with Crippen LogP contribution >= 0.6 is 0 Å². The van der Waals surface area contributed by atoms with E-state index in [1.807, 2.05) is 6.08 Å². The van der Waals surface area contributed by atoms with Gasteiger partial charge in [0.15, 0.2) is 9.84 Å². The Bertz CT molecular complexity index is 916. The van der Waals surface area contributed by atoms with Gasteiger partial charge in [-0.3, -0.25) is 4.99 Å². The molecule has 1 saturated carbocycles. The highest BCUT2D eigenvalue weighted by molar-refractivity contribution is 7.92. The van der Waals surface area contributed by atoms with Gasteiger partial charge in [0, 0.05) is 17.7 Å². The molecule has 0 spiro atoms. The maximum Gasteiger partial charge on any atom is 0.416 e. The van der Waals surface area contributed by atoms with E-state index in [0.717, 1.165) is 43.5 Å². The van der Waals surface area contributed by atoms with Gasteiger partial charge in [-0.25, -0.2) is 8.42 Å². The van der Waals surface area contributed by atoms with Crippen molar-refractivity contribution >= 4 is 21.2 Å². The molecule has 0 saturated heterocycles. The average molecular weight is 428 g/mol. The van der Waals surface area contributed by atoms with Crippen LogP contribution in [0.3, 0.4) is 0 Å². The molecule has 0 aromatic heterocycles. The molecular formula is C22H28F3NO2S. The molecule has 3 nitrogen and oxygen atoms in total. The van der Waals surface area contributed by atoms with Crippen LogP contribution in [0.4, 0.5) is 13.2 Å². The van der Waals surface area contributed by atoms with E-state index in [1.54, 1.807) is 26.8 Å². The zero-order valence-corrected chi connectivity index (χ0v) is 17.9. The van der Waals surface area contributed by atoms with Crippen molar-refractivity contribution in [1.29, 1.82) is 0 Å². The molecule has 0 amide bonds. The number of nitrogens with zero attached hydrogens (tertiary/aromatic N) is 1. The van der Waals surface area contributed by atoms with E-state index < -0.39 is 26.3 Å². The Morgan fingerprint density at radius 2 is 1.72 bits per heavy atom. The van der Waals surface area contributed by atoms with E-state index in [0.29, 0.717) is 17.7 Å². The number of benzene rings is 1. The summed E-state index contributed by atoms with van der Waals surface area (Å²) >= 11 is 0. The van der Waals surface area contributed by atoms with Gasteiger partial charge in [-0.1, -0.05) is 18.2 Å². The second-order valence-corrected chi connectivity index (χ2v) is 11.9. The monoisotopic (exact) mass is 427 g/mol. The van der Waals surface area contributed by atoms with Crippen LogP contribution < -0.4 is 0 Å². The van der Waals surface area contributed by atoms with Crippen LogP contribution in [0.5, 0.6) is 0 Å². The average Bonchev–Trinajstić information content (AvgIpc) is 3.10. The molecule has 3 rings (SSSR count). The van der Waals surface area contributed by atoms with Crippen LogP contribution in [0.25, 0.3) is 5.70 Å². The standard InChI is InChI=1S/C22H28F3NO2S/c1-21(2,3)29(27,28)14-15-7-9-16(10-8-15)19-11-12-20(26-19)17-5-4-6-18(13-17)22(23,24)25/h4-6,12-13,15-16H,7-11,14H2,1-3H3. The summed E-state index contributed by atoms with van der Waals surface area (Å²) < 4.78 is 63.0. The highest BCUT2D eigenvalue weighted by atomic mass is 32.2. The minimum atomic E-state index is -4.37. The number of rotatable bonds is 4. The third-order valence-corrected chi connectivity index (χ3v) is 8.74. The second-order valence-electron chi connectivity index (χ2n) is 9.09. The first-order chi connectivity index (χ1) is 13.4. The van der Waals surface area contributed by atoms with Crippen LogP contribution in [-0.4, -0.2) is 24.6 Å². The molecule has 160 valence electrons. The van der Waals surface area contributed by atoms with E-state index in [2.05, 4.69) is 4.99 Å². The molecule has 0 radical (unpaired) electrons. The minimum absolute atomic E-state index is 0.174. The molecule has 0 unspecified atom stereocenters. The maximum atomic E-state index is 13.0. The van der Waals surface area contributed by atoms with E-state index in [4.69, 9.17) is 0 Å². The van der Waals surface area contributed by atoms with Crippen molar-refractivity contribution in [3.63, 3.8) is 0 Å². The summed E-state index contributed by atoms with van der Waals surface area (Å²) in [7, 11) is -3.13. The van der Waals surface area contributed by atoms with Gasteiger partial charge in [-0.2, -0.15) is 13.2 Å². The van der Waals surface area contributed by atoms with Gasteiger partial charge >= 0.3 is 6.18 Å². The first-order valence-corrected chi connectivity index (χ1v) is 11.7. The summed E-state index contributed by atoms with van der Waals surface area (Å²) in [6.45, 7) is 5.21. The SMILES string of the molecule is CC(C)(C)S(=O)(=O)CC1CCC(C2=NC(c3cccc(C(F)(F)F)c3)=CC2)CC1. The number of hydrogen-bond donors (Lipinski definition) is 0. The molecule has 1 aliphatic carbocycles. The van der Waals surface area contributed by atoms with Crippen molar-refractivity contribution in [2.75, 3.05) is 5.75 Å². The molecule has 0 atom stereocenters. The molecule has 29 heavy (non-hydrogen) atoms. The zero-order valence-electron chi connectivity index (χ0n) is 17.1. The van der Waals surface area contributed by atoms with Crippen LogP contribution in [-0.2, 0) is 16.0 Å². The Balaban J connectivity index is 1.62. The van der Waals surface area contributed by atoms with Crippen molar-refractivity contribution in [2.45, 2.75) is 63.8 Å². The highest BCUT2D eigenvalue weighted by Gasteiger charge is 2.35. The topological polar surface area (TPSA) is 46.5 Å². The quantitative estimate of drug-likeness (QED) is 0.600. The Hall–Kier alpha value is -1.63.